The Morgan fingerprint density at radius 2 is 1.03 bits per heavy atom. The van der Waals surface area contributed by atoms with E-state index in [1.807, 2.05) is 0 Å². The summed E-state index contributed by atoms with van der Waals surface area (Å²) in [5, 5.41) is -1.81. The third-order valence-corrected chi connectivity index (χ3v) is 4.98. The van der Waals surface area contributed by atoms with Gasteiger partial charge in [-0.05, 0) is 30.3 Å². The van der Waals surface area contributed by atoms with Crippen LogP contribution in [0.3, 0.4) is 0 Å². The largest absolute Gasteiger partial charge is 0.422 e. The van der Waals surface area contributed by atoms with Crippen LogP contribution < -0.4 is 9.47 Å². The zero-order valence-corrected chi connectivity index (χ0v) is 17.6. The monoisotopic (exact) mass is 530 g/mol. The number of halogens is 9. The molecular weight excluding hydrogens is 523 g/mol. The van der Waals surface area contributed by atoms with Gasteiger partial charge in [-0.3, -0.25) is 0 Å². The molecule has 0 atom stereocenters. The van der Waals surface area contributed by atoms with Gasteiger partial charge in [-0.2, -0.15) is 4.39 Å². The van der Waals surface area contributed by atoms with Gasteiger partial charge in [0.25, 0.3) is 0 Å². The molecule has 0 saturated carbocycles. The molecule has 4 aromatic carbocycles. The maximum atomic E-state index is 14.7. The smallest absolute Gasteiger partial charge is 0.346 e. The minimum Gasteiger partial charge on any atom is -0.422 e. The summed E-state index contributed by atoms with van der Waals surface area (Å²) in [7, 11) is 0. The van der Waals surface area contributed by atoms with E-state index in [4.69, 9.17) is 4.74 Å². The lowest BCUT2D eigenvalue weighted by molar-refractivity contribution is 0.0713. The Morgan fingerprint density at radius 1 is 0.514 bits per heavy atom. The first kappa shape index (κ1) is 25.5. The lowest BCUT2D eigenvalue weighted by Gasteiger charge is -2.14. The van der Waals surface area contributed by atoms with Crippen molar-refractivity contribution in [2.24, 2.45) is 0 Å². The second kappa shape index (κ2) is 9.48. The van der Waals surface area contributed by atoms with Gasteiger partial charge in [-0.15, -0.1) is 0 Å². The first-order valence-electron chi connectivity index (χ1n) is 9.74. The van der Waals surface area contributed by atoms with Crippen LogP contribution in [0.5, 0.6) is 11.5 Å². The van der Waals surface area contributed by atoms with Gasteiger partial charge >= 0.3 is 11.9 Å². The highest BCUT2D eigenvalue weighted by molar-refractivity contribution is 6.00. The van der Waals surface area contributed by atoms with Gasteiger partial charge in [0.15, 0.2) is 52.3 Å². The van der Waals surface area contributed by atoms with E-state index in [9.17, 15) is 49.1 Å². The number of hydrogen-bond donors (Lipinski definition) is 0. The Labute approximate surface area is 199 Å². The molecule has 0 aliphatic rings. The standard InChI is InChI=1S/C24H7F9O4/c25-11-6-4-9(15(27)17(11)29)23(34)36-13-3-1-2-8-14(13)19(31)20(32)21(33)22(8)37-24(35)10-5-7-12(26)18(30)16(10)28/h1-7H. The van der Waals surface area contributed by atoms with Crippen LogP contribution in [0, 0.1) is 52.4 Å². The molecule has 0 aromatic heterocycles. The van der Waals surface area contributed by atoms with E-state index in [1.165, 1.54) is 0 Å². The Hall–Kier alpha value is -4.55. The Morgan fingerprint density at radius 3 is 1.57 bits per heavy atom. The maximum Gasteiger partial charge on any atom is 0.346 e. The van der Waals surface area contributed by atoms with E-state index in [1.54, 1.807) is 0 Å². The van der Waals surface area contributed by atoms with Gasteiger partial charge in [0.2, 0.25) is 5.82 Å². The van der Waals surface area contributed by atoms with Crippen molar-refractivity contribution in [3.63, 3.8) is 0 Å². The highest BCUT2D eigenvalue weighted by Gasteiger charge is 2.29. The van der Waals surface area contributed by atoms with Crippen molar-refractivity contribution in [3.8, 4) is 11.5 Å². The highest BCUT2D eigenvalue weighted by atomic mass is 19.2. The van der Waals surface area contributed by atoms with Crippen LogP contribution >= 0.6 is 0 Å². The van der Waals surface area contributed by atoms with Crippen LogP contribution in [0.25, 0.3) is 10.8 Å². The van der Waals surface area contributed by atoms with Crippen LogP contribution in [-0.2, 0) is 0 Å². The van der Waals surface area contributed by atoms with Gasteiger partial charge in [-0.1, -0.05) is 12.1 Å². The third kappa shape index (κ3) is 4.32. The zero-order chi connectivity index (χ0) is 27.2. The fraction of sp³-hybridized carbons (Fsp3) is 0. The van der Waals surface area contributed by atoms with Crippen molar-refractivity contribution in [2.45, 2.75) is 0 Å². The fourth-order valence-corrected chi connectivity index (χ4v) is 3.23. The number of benzene rings is 4. The molecule has 13 heteroatoms. The second-order valence-corrected chi connectivity index (χ2v) is 7.17. The number of ether oxygens (including phenoxy) is 2. The average Bonchev–Trinajstić information content (AvgIpc) is 2.86. The minimum absolute atomic E-state index is 0.351. The number of carbonyl (C=O) groups is 2. The molecule has 190 valence electrons. The zero-order valence-electron chi connectivity index (χ0n) is 17.6. The minimum atomic E-state index is -2.26. The molecule has 37 heavy (non-hydrogen) atoms. The molecule has 0 aliphatic heterocycles. The summed E-state index contributed by atoms with van der Waals surface area (Å²) in [5.41, 5.74) is -2.37. The summed E-state index contributed by atoms with van der Waals surface area (Å²) in [6.07, 6.45) is 0. The average molecular weight is 530 g/mol. The second-order valence-electron chi connectivity index (χ2n) is 7.17. The number of fused-ring (bicyclic) bond motifs is 1. The van der Waals surface area contributed by atoms with Crippen LogP contribution in [0.1, 0.15) is 20.7 Å². The predicted molar refractivity (Wildman–Crippen MR) is 106 cm³/mol. The van der Waals surface area contributed by atoms with Gasteiger partial charge < -0.3 is 9.47 Å². The summed E-state index contributed by atoms with van der Waals surface area (Å²) in [4.78, 5) is 24.6. The van der Waals surface area contributed by atoms with Gasteiger partial charge in [-0.25, -0.2) is 44.7 Å². The molecule has 0 heterocycles. The molecular formula is C24H7F9O4. The molecule has 4 nitrogen and oxygen atoms in total. The first-order valence-corrected chi connectivity index (χ1v) is 9.74. The van der Waals surface area contributed by atoms with Crippen LogP contribution in [-0.4, -0.2) is 11.9 Å². The molecule has 0 spiro atoms. The SMILES string of the molecule is O=C(Oc1c(F)c(F)c(F)c2c(OC(=O)c3ccc(F)c(F)c3F)cccc12)c1ccc(F)c(F)c1F. The number of rotatable bonds is 4. The molecule has 4 rings (SSSR count). The molecule has 0 aliphatic carbocycles. The fourth-order valence-electron chi connectivity index (χ4n) is 3.23. The molecule has 0 saturated heterocycles. The quantitative estimate of drug-likeness (QED) is 0.130. The van der Waals surface area contributed by atoms with E-state index in [0.29, 0.717) is 24.3 Å². The molecule has 0 radical (unpaired) electrons. The molecule has 0 bridgehead atoms. The van der Waals surface area contributed by atoms with Gasteiger partial charge in [0.05, 0.1) is 16.5 Å². The summed E-state index contributed by atoms with van der Waals surface area (Å²) in [6.45, 7) is 0. The summed E-state index contributed by atoms with van der Waals surface area (Å²) >= 11 is 0. The number of hydrogen-bond acceptors (Lipinski definition) is 4. The van der Waals surface area contributed by atoms with E-state index < -0.39 is 97.7 Å². The van der Waals surface area contributed by atoms with Gasteiger partial charge in [0, 0.05) is 5.39 Å². The van der Waals surface area contributed by atoms with Crippen molar-refractivity contribution >= 4 is 22.7 Å². The van der Waals surface area contributed by atoms with Crippen LogP contribution in [0.4, 0.5) is 39.5 Å². The third-order valence-electron chi connectivity index (χ3n) is 4.98. The van der Waals surface area contributed by atoms with Crippen molar-refractivity contribution in [3.05, 3.63) is 106 Å². The Balaban J connectivity index is 1.81. The lowest BCUT2D eigenvalue weighted by atomic mass is 10.1. The first-order chi connectivity index (χ1) is 17.4. The van der Waals surface area contributed by atoms with E-state index in [0.717, 1.165) is 18.2 Å². The summed E-state index contributed by atoms with van der Waals surface area (Å²) in [6, 6.07) is 4.31. The van der Waals surface area contributed by atoms with Crippen molar-refractivity contribution < 1.29 is 58.6 Å². The topological polar surface area (TPSA) is 52.6 Å². The van der Waals surface area contributed by atoms with Crippen molar-refractivity contribution in [1.29, 1.82) is 0 Å². The maximum absolute atomic E-state index is 14.7. The predicted octanol–water partition coefficient (Wildman–Crippen LogP) is 6.53. The molecule has 0 fully saturated rings. The molecule has 0 amide bonds. The summed E-state index contributed by atoms with van der Waals surface area (Å²) in [5.74, 6) is -23.5. The molecule has 0 unspecified atom stereocenters. The Kier molecular flexibility index (Phi) is 6.55. The van der Waals surface area contributed by atoms with Crippen molar-refractivity contribution in [1.82, 2.24) is 0 Å². The molecule has 0 N–H and O–H groups in total. The van der Waals surface area contributed by atoms with Crippen LogP contribution in [0.2, 0.25) is 0 Å². The van der Waals surface area contributed by atoms with E-state index in [-0.39, 0.29) is 0 Å². The van der Waals surface area contributed by atoms with Gasteiger partial charge in [0.1, 0.15) is 5.75 Å². The number of esters is 2. The molecule has 4 aromatic rings. The lowest BCUT2D eigenvalue weighted by Crippen LogP contribution is -2.15. The highest BCUT2D eigenvalue weighted by Crippen LogP contribution is 2.39. The van der Waals surface area contributed by atoms with Crippen molar-refractivity contribution in [2.75, 3.05) is 0 Å². The van der Waals surface area contributed by atoms with E-state index in [2.05, 4.69) is 4.74 Å². The summed E-state index contributed by atoms with van der Waals surface area (Å²) < 4.78 is 134. The van der Waals surface area contributed by atoms with Crippen LogP contribution in [0.15, 0.2) is 42.5 Å². The Bertz CT molecular complexity index is 1620. The normalized spacial score (nSPS) is 11.1. The number of carbonyl (C=O) groups excluding carboxylic acids is 2. The van der Waals surface area contributed by atoms with E-state index >= 15 is 0 Å².